The first-order chi connectivity index (χ1) is 4.67. The van der Waals surface area contributed by atoms with E-state index >= 15 is 0 Å². The summed E-state index contributed by atoms with van der Waals surface area (Å²) < 4.78 is 0. The summed E-state index contributed by atoms with van der Waals surface area (Å²) in [5.41, 5.74) is -0.248. The Hall–Kier alpha value is -0.630. The molecule has 56 valence electrons. The zero-order valence-corrected chi connectivity index (χ0v) is 6.48. The Labute approximate surface area is 61.3 Å². The highest BCUT2D eigenvalue weighted by Gasteiger charge is 2.55. The third kappa shape index (κ3) is 0.797. The standard InChI is InChI=1S/C8H13NO/c1-4-7-5-8(7,9-3)6(2)10/h4,7,9H,1,5H2,2-3H3/t7-,8-/m0/s1. The van der Waals surface area contributed by atoms with Crippen molar-refractivity contribution in [2.75, 3.05) is 7.05 Å². The van der Waals surface area contributed by atoms with Crippen molar-refractivity contribution < 1.29 is 4.79 Å². The molecule has 0 aromatic rings. The van der Waals surface area contributed by atoms with E-state index in [4.69, 9.17) is 0 Å². The first-order valence-electron chi connectivity index (χ1n) is 3.50. The minimum Gasteiger partial charge on any atom is -0.308 e. The number of Topliss-reactive ketones (excluding diaryl/α,β-unsaturated/α-hetero) is 1. The summed E-state index contributed by atoms with van der Waals surface area (Å²) >= 11 is 0. The molecule has 0 aromatic carbocycles. The van der Waals surface area contributed by atoms with Crippen LogP contribution < -0.4 is 5.32 Å². The van der Waals surface area contributed by atoms with Gasteiger partial charge in [0.1, 0.15) is 5.78 Å². The number of carbonyl (C=O) groups is 1. The van der Waals surface area contributed by atoms with Crippen LogP contribution in [0.3, 0.4) is 0 Å². The summed E-state index contributed by atoms with van der Waals surface area (Å²) in [4.78, 5) is 11.0. The monoisotopic (exact) mass is 139 g/mol. The molecule has 0 radical (unpaired) electrons. The molecule has 0 saturated heterocycles. The third-order valence-corrected chi connectivity index (χ3v) is 2.37. The summed E-state index contributed by atoms with van der Waals surface area (Å²) in [5, 5.41) is 3.03. The van der Waals surface area contributed by atoms with Crippen molar-refractivity contribution >= 4 is 5.78 Å². The maximum Gasteiger partial charge on any atom is 0.150 e. The van der Waals surface area contributed by atoms with Gasteiger partial charge in [-0.25, -0.2) is 0 Å². The molecule has 1 aliphatic carbocycles. The summed E-state index contributed by atoms with van der Waals surface area (Å²) in [5.74, 6) is 0.579. The Kier molecular flexibility index (Phi) is 1.65. The summed E-state index contributed by atoms with van der Waals surface area (Å²) in [6, 6.07) is 0. The number of carbonyl (C=O) groups excluding carboxylic acids is 1. The third-order valence-electron chi connectivity index (χ3n) is 2.37. The van der Waals surface area contributed by atoms with Crippen LogP contribution in [0.25, 0.3) is 0 Å². The molecule has 0 unspecified atom stereocenters. The van der Waals surface area contributed by atoms with E-state index in [9.17, 15) is 4.79 Å². The van der Waals surface area contributed by atoms with Crippen molar-refractivity contribution in [2.24, 2.45) is 5.92 Å². The van der Waals surface area contributed by atoms with Crippen molar-refractivity contribution in [1.82, 2.24) is 5.32 Å². The van der Waals surface area contributed by atoms with Crippen LogP contribution in [0, 0.1) is 5.92 Å². The topological polar surface area (TPSA) is 29.1 Å². The average molecular weight is 139 g/mol. The van der Waals surface area contributed by atoms with Crippen LogP contribution in [0.1, 0.15) is 13.3 Å². The van der Waals surface area contributed by atoms with Crippen LogP contribution in [-0.2, 0) is 4.79 Å². The molecule has 2 atom stereocenters. The van der Waals surface area contributed by atoms with Crippen molar-refractivity contribution in [2.45, 2.75) is 18.9 Å². The molecular weight excluding hydrogens is 126 g/mol. The van der Waals surface area contributed by atoms with Crippen LogP contribution in [0.15, 0.2) is 12.7 Å². The SMILES string of the molecule is C=C[C@H]1C[C@]1(NC)C(C)=O. The van der Waals surface area contributed by atoms with Crippen molar-refractivity contribution in [1.29, 1.82) is 0 Å². The predicted octanol–water partition coefficient (Wildman–Crippen LogP) is 0.739. The lowest BCUT2D eigenvalue weighted by Crippen LogP contribution is -2.36. The Balaban J connectivity index is 2.67. The fourth-order valence-corrected chi connectivity index (χ4v) is 1.44. The highest BCUT2D eigenvalue weighted by Crippen LogP contribution is 2.44. The lowest BCUT2D eigenvalue weighted by atomic mass is 10.1. The van der Waals surface area contributed by atoms with Gasteiger partial charge in [0, 0.05) is 5.92 Å². The van der Waals surface area contributed by atoms with Crippen molar-refractivity contribution in [3.05, 3.63) is 12.7 Å². The van der Waals surface area contributed by atoms with Crippen LogP contribution in [-0.4, -0.2) is 18.4 Å². The van der Waals surface area contributed by atoms with Crippen LogP contribution in [0.5, 0.6) is 0 Å². The van der Waals surface area contributed by atoms with Gasteiger partial charge < -0.3 is 5.32 Å². The van der Waals surface area contributed by atoms with Gasteiger partial charge in [-0.1, -0.05) is 6.08 Å². The second-order valence-electron chi connectivity index (χ2n) is 2.82. The zero-order valence-electron chi connectivity index (χ0n) is 6.48. The normalized spacial score (nSPS) is 37.2. The lowest BCUT2D eigenvalue weighted by molar-refractivity contribution is -0.120. The molecule has 0 amide bonds. The number of nitrogens with one attached hydrogen (secondary N) is 1. The summed E-state index contributed by atoms with van der Waals surface area (Å²) in [6.07, 6.45) is 2.76. The van der Waals surface area contributed by atoms with Crippen LogP contribution in [0.2, 0.25) is 0 Å². The molecule has 10 heavy (non-hydrogen) atoms. The zero-order chi connectivity index (χ0) is 7.78. The molecule has 1 rings (SSSR count). The molecule has 1 aliphatic rings. The molecule has 1 fully saturated rings. The second-order valence-corrected chi connectivity index (χ2v) is 2.82. The molecule has 2 heteroatoms. The van der Waals surface area contributed by atoms with E-state index in [1.165, 1.54) is 0 Å². The second kappa shape index (κ2) is 2.20. The molecular formula is C8H13NO. The van der Waals surface area contributed by atoms with Gasteiger partial charge in [0.15, 0.2) is 0 Å². The van der Waals surface area contributed by atoms with E-state index in [1.54, 1.807) is 6.92 Å². The molecule has 1 saturated carbocycles. The highest BCUT2D eigenvalue weighted by atomic mass is 16.1. The van der Waals surface area contributed by atoms with Crippen LogP contribution >= 0.6 is 0 Å². The van der Waals surface area contributed by atoms with E-state index in [0.29, 0.717) is 5.92 Å². The maximum atomic E-state index is 11.0. The Morgan fingerprint density at radius 1 is 1.90 bits per heavy atom. The Bertz CT molecular complexity index is 176. The summed E-state index contributed by atoms with van der Waals surface area (Å²) in [7, 11) is 1.82. The fourth-order valence-electron chi connectivity index (χ4n) is 1.44. The largest absolute Gasteiger partial charge is 0.308 e. The Morgan fingerprint density at radius 3 is 2.60 bits per heavy atom. The van der Waals surface area contributed by atoms with Gasteiger partial charge in [-0.05, 0) is 20.4 Å². The van der Waals surface area contributed by atoms with E-state index in [2.05, 4.69) is 11.9 Å². The van der Waals surface area contributed by atoms with Gasteiger partial charge in [0.2, 0.25) is 0 Å². The lowest BCUT2D eigenvalue weighted by Gasteiger charge is -2.09. The molecule has 0 aromatic heterocycles. The number of hydrogen-bond donors (Lipinski definition) is 1. The average Bonchev–Trinajstić information content (AvgIpc) is 2.62. The highest BCUT2D eigenvalue weighted by molar-refractivity contribution is 5.90. The van der Waals surface area contributed by atoms with Gasteiger partial charge in [-0.3, -0.25) is 4.79 Å². The fraction of sp³-hybridized carbons (Fsp3) is 0.625. The maximum absolute atomic E-state index is 11.0. The van der Waals surface area contributed by atoms with E-state index in [0.717, 1.165) is 6.42 Å². The molecule has 0 bridgehead atoms. The van der Waals surface area contributed by atoms with Gasteiger partial charge in [0.05, 0.1) is 5.54 Å². The molecule has 0 spiro atoms. The molecule has 2 nitrogen and oxygen atoms in total. The predicted molar refractivity (Wildman–Crippen MR) is 40.8 cm³/mol. The number of ketones is 1. The molecule has 0 aliphatic heterocycles. The van der Waals surface area contributed by atoms with Gasteiger partial charge in [-0.2, -0.15) is 0 Å². The molecule has 1 N–H and O–H groups in total. The quantitative estimate of drug-likeness (QED) is 0.584. The van der Waals surface area contributed by atoms with E-state index < -0.39 is 0 Å². The van der Waals surface area contributed by atoms with Crippen molar-refractivity contribution in [3.63, 3.8) is 0 Å². The number of rotatable bonds is 3. The van der Waals surface area contributed by atoms with Crippen molar-refractivity contribution in [3.8, 4) is 0 Å². The van der Waals surface area contributed by atoms with E-state index in [-0.39, 0.29) is 11.3 Å². The minimum atomic E-state index is -0.248. The molecule has 0 heterocycles. The van der Waals surface area contributed by atoms with Gasteiger partial charge in [-0.15, -0.1) is 6.58 Å². The first-order valence-corrected chi connectivity index (χ1v) is 3.50. The van der Waals surface area contributed by atoms with Gasteiger partial charge >= 0.3 is 0 Å². The smallest absolute Gasteiger partial charge is 0.150 e. The number of likely N-dealkylation sites (N-methyl/N-ethyl adjacent to an activating group) is 1. The number of hydrogen-bond acceptors (Lipinski definition) is 2. The first kappa shape index (κ1) is 7.48. The Morgan fingerprint density at radius 2 is 2.50 bits per heavy atom. The van der Waals surface area contributed by atoms with Crippen LogP contribution in [0.4, 0.5) is 0 Å². The minimum absolute atomic E-state index is 0.222. The van der Waals surface area contributed by atoms with E-state index in [1.807, 2.05) is 13.1 Å². The van der Waals surface area contributed by atoms with Gasteiger partial charge in [0.25, 0.3) is 0 Å². The summed E-state index contributed by atoms with van der Waals surface area (Å²) in [6.45, 7) is 5.28.